The number of hydrogen-bond acceptors (Lipinski definition) is 4. The van der Waals surface area contributed by atoms with E-state index in [1.165, 1.54) is 24.0 Å². The Balaban J connectivity index is 2.10. The maximum Gasteiger partial charge on any atom is 0.251 e. The first-order chi connectivity index (χ1) is 8.15. The highest BCUT2D eigenvalue weighted by molar-refractivity contribution is 7.98. The van der Waals surface area contributed by atoms with Crippen LogP contribution in [0.3, 0.4) is 0 Å². The van der Waals surface area contributed by atoms with Crippen molar-refractivity contribution >= 4 is 29.1 Å². The van der Waals surface area contributed by atoms with Crippen molar-refractivity contribution in [2.75, 3.05) is 5.73 Å². The minimum absolute atomic E-state index is 0.161. The number of nitrogens with two attached hydrogens (primary N) is 1. The van der Waals surface area contributed by atoms with Crippen LogP contribution in [0, 0.1) is 0 Å². The lowest BCUT2D eigenvalue weighted by atomic mass is 10.2. The number of nitrogens with one attached hydrogen (secondary N) is 1. The quantitative estimate of drug-likeness (QED) is 0.508. The van der Waals surface area contributed by atoms with Crippen LogP contribution >= 0.6 is 23.4 Å². The van der Waals surface area contributed by atoms with E-state index in [0.717, 1.165) is 5.56 Å². The Hall–Kier alpha value is -1.46. The maximum absolute atomic E-state index is 11.1. The summed E-state index contributed by atoms with van der Waals surface area (Å²) in [6, 6.07) is 6.74. The lowest BCUT2D eigenvalue weighted by Crippen LogP contribution is -2.05. The third-order valence-corrected chi connectivity index (χ3v) is 3.29. The van der Waals surface area contributed by atoms with Gasteiger partial charge in [0.05, 0.1) is 0 Å². The molecular weight excluding hydrogens is 258 g/mol. The van der Waals surface area contributed by atoms with Crippen molar-refractivity contribution in [1.82, 2.24) is 9.97 Å². The van der Waals surface area contributed by atoms with Gasteiger partial charge in [-0.2, -0.15) is 0 Å². The van der Waals surface area contributed by atoms with Crippen LogP contribution < -0.4 is 11.3 Å². The maximum atomic E-state index is 11.1. The number of thioether (sulfide) groups is 1. The molecule has 17 heavy (non-hydrogen) atoms. The number of benzene rings is 1. The molecule has 0 aliphatic heterocycles. The van der Waals surface area contributed by atoms with E-state index in [4.69, 9.17) is 17.3 Å². The second-order valence-electron chi connectivity index (χ2n) is 3.37. The third kappa shape index (κ3) is 3.25. The molecule has 4 nitrogen and oxygen atoms in total. The number of halogens is 1. The summed E-state index contributed by atoms with van der Waals surface area (Å²) in [4.78, 5) is 17.7. The Bertz CT molecular complexity index is 585. The van der Waals surface area contributed by atoms with Crippen molar-refractivity contribution in [3.63, 3.8) is 0 Å². The predicted octanol–water partition coefficient (Wildman–Crippen LogP) is 2.30. The van der Waals surface area contributed by atoms with Gasteiger partial charge in [0, 0.05) is 28.7 Å². The van der Waals surface area contributed by atoms with Crippen LogP contribution in [0.25, 0.3) is 0 Å². The van der Waals surface area contributed by atoms with Crippen LogP contribution in [0.2, 0.25) is 5.02 Å². The normalized spacial score (nSPS) is 10.4. The van der Waals surface area contributed by atoms with Crippen molar-refractivity contribution in [1.29, 1.82) is 0 Å². The zero-order valence-electron chi connectivity index (χ0n) is 8.81. The Labute approximate surface area is 107 Å². The Kier molecular flexibility index (Phi) is 3.71. The summed E-state index contributed by atoms with van der Waals surface area (Å²) in [5.74, 6) is 0.635. The van der Waals surface area contributed by atoms with Gasteiger partial charge in [-0.1, -0.05) is 29.4 Å². The van der Waals surface area contributed by atoms with E-state index in [0.29, 0.717) is 21.6 Å². The molecule has 2 aromatic rings. The number of nitrogen functional groups attached to an aromatic ring is 1. The van der Waals surface area contributed by atoms with Gasteiger partial charge in [-0.3, -0.25) is 4.79 Å². The van der Waals surface area contributed by atoms with Crippen molar-refractivity contribution in [3.8, 4) is 0 Å². The lowest BCUT2D eigenvalue weighted by Gasteiger charge is -2.05. The molecule has 0 aliphatic rings. The molecule has 0 spiro atoms. The molecule has 0 bridgehead atoms. The molecule has 6 heteroatoms. The van der Waals surface area contributed by atoms with E-state index >= 15 is 0 Å². The molecular formula is C11H10ClN3OS. The molecule has 0 unspecified atom stereocenters. The summed E-state index contributed by atoms with van der Waals surface area (Å²) < 4.78 is 0. The fraction of sp³-hybridized carbons (Fsp3) is 0.0909. The minimum Gasteiger partial charge on any atom is -0.398 e. The monoisotopic (exact) mass is 267 g/mol. The number of hydrogen-bond donors (Lipinski definition) is 2. The molecule has 1 heterocycles. The van der Waals surface area contributed by atoms with E-state index < -0.39 is 0 Å². The Morgan fingerprint density at radius 3 is 2.94 bits per heavy atom. The summed E-state index contributed by atoms with van der Waals surface area (Å²) in [7, 11) is 0. The van der Waals surface area contributed by atoms with Crippen molar-refractivity contribution in [2.45, 2.75) is 10.9 Å². The first-order valence-electron chi connectivity index (χ1n) is 4.87. The smallest absolute Gasteiger partial charge is 0.251 e. The van der Waals surface area contributed by atoms with Gasteiger partial charge in [-0.05, 0) is 17.7 Å². The van der Waals surface area contributed by atoms with Gasteiger partial charge in [-0.15, -0.1) is 0 Å². The molecule has 0 saturated heterocycles. The number of H-pyrrole nitrogens is 1. The zero-order valence-corrected chi connectivity index (χ0v) is 10.4. The SMILES string of the molecule is Nc1cc(Cl)ccc1CSc1nccc(=O)[nH]1. The van der Waals surface area contributed by atoms with Crippen LogP contribution in [0.1, 0.15) is 5.56 Å². The first kappa shape index (κ1) is 12.0. The van der Waals surface area contributed by atoms with Crippen LogP contribution in [0.4, 0.5) is 5.69 Å². The van der Waals surface area contributed by atoms with E-state index in [1.54, 1.807) is 12.1 Å². The molecule has 3 N–H and O–H groups in total. The molecule has 0 radical (unpaired) electrons. The van der Waals surface area contributed by atoms with Crippen molar-refractivity contribution in [2.24, 2.45) is 0 Å². The van der Waals surface area contributed by atoms with Crippen LogP contribution in [-0.4, -0.2) is 9.97 Å². The van der Waals surface area contributed by atoms with Crippen molar-refractivity contribution in [3.05, 3.63) is 51.4 Å². The Morgan fingerprint density at radius 2 is 2.24 bits per heavy atom. The standard InChI is InChI=1S/C11H10ClN3OS/c12-8-2-1-7(9(13)5-8)6-17-11-14-4-3-10(16)15-11/h1-5H,6,13H2,(H,14,15,16). The molecule has 2 rings (SSSR count). The van der Waals surface area contributed by atoms with Gasteiger partial charge in [0.15, 0.2) is 5.16 Å². The van der Waals surface area contributed by atoms with Gasteiger partial charge in [-0.25, -0.2) is 4.98 Å². The largest absolute Gasteiger partial charge is 0.398 e. The molecule has 0 atom stereocenters. The average molecular weight is 268 g/mol. The molecule has 1 aromatic carbocycles. The van der Waals surface area contributed by atoms with E-state index in [1.807, 2.05) is 6.07 Å². The number of nitrogens with zero attached hydrogens (tertiary/aromatic N) is 1. The highest BCUT2D eigenvalue weighted by atomic mass is 35.5. The topological polar surface area (TPSA) is 71.8 Å². The molecule has 1 aromatic heterocycles. The van der Waals surface area contributed by atoms with E-state index in [-0.39, 0.29) is 5.56 Å². The van der Waals surface area contributed by atoms with Crippen LogP contribution in [0.5, 0.6) is 0 Å². The van der Waals surface area contributed by atoms with Gasteiger partial charge in [0.1, 0.15) is 0 Å². The summed E-state index contributed by atoms with van der Waals surface area (Å²) in [5, 5.41) is 1.19. The Morgan fingerprint density at radius 1 is 1.41 bits per heavy atom. The predicted molar refractivity (Wildman–Crippen MR) is 70.3 cm³/mol. The fourth-order valence-electron chi connectivity index (χ4n) is 1.27. The summed E-state index contributed by atoms with van der Waals surface area (Å²) in [6.07, 6.45) is 1.48. The number of anilines is 1. The van der Waals surface area contributed by atoms with Gasteiger partial charge in [0.25, 0.3) is 5.56 Å². The summed E-state index contributed by atoms with van der Waals surface area (Å²) in [5.41, 5.74) is 7.27. The molecule has 0 aliphatic carbocycles. The lowest BCUT2D eigenvalue weighted by molar-refractivity contribution is 0.936. The van der Waals surface area contributed by atoms with Crippen LogP contribution in [-0.2, 0) is 5.75 Å². The second-order valence-corrected chi connectivity index (χ2v) is 4.77. The number of rotatable bonds is 3. The minimum atomic E-state index is -0.161. The second kappa shape index (κ2) is 5.25. The molecule has 0 fully saturated rings. The van der Waals surface area contributed by atoms with E-state index in [2.05, 4.69) is 9.97 Å². The highest BCUT2D eigenvalue weighted by Crippen LogP contribution is 2.24. The highest BCUT2D eigenvalue weighted by Gasteiger charge is 2.02. The third-order valence-electron chi connectivity index (χ3n) is 2.12. The summed E-state index contributed by atoms with van der Waals surface area (Å²) in [6.45, 7) is 0. The first-order valence-corrected chi connectivity index (χ1v) is 6.23. The van der Waals surface area contributed by atoms with Crippen molar-refractivity contribution < 1.29 is 0 Å². The molecule has 0 amide bonds. The summed E-state index contributed by atoms with van der Waals surface area (Å²) >= 11 is 7.23. The molecule has 0 saturated carbocycles. The molecule has 88 valence electrons. The zero-order chi connectivity index (χ0) is 12.3. The fourth-order valence-corrected chi connectivity index (χ4v) is 2.31. The van der Waals surface area contributed by atoms with Gasteiger partial charge >= 0.3 is 0 Å². The van der Waals surface area contributed by atoms with E-state index in [9.17, 15) is 4.79 Å². The van der Waals surface area contributed by atoms with Crippen LogP contribution in [0.15, 0.2) is 40.4 Å². The van der Waals surface area contributed by atoms with Gasteiger partial charge in [0.2, 0.25) is 0 Å². The number of aromatic amines is 1. The number of aromatic nitrogens is 2. The average Bonchev–Trinajstić information content (AvgIpc) is 2.28. The van der Waals surface area contributed by atoms with Gasteiger partial charge < -0.3 is 10.7 Å².